The van der Waals surface area contributed by atoms with E-state index < -0.39 is 0 Å². The van der Waals surface area contributed by atoms with Crippen LogP contribution in [0.5, 0.6) is 11.5 Å². The highest BCUT2D eigenvalue weighted by atomic mass is 16.6. The summed E-state index contributed by atoms with van der Waals surface area (Å²) in [4.78, 5) is 17.9. The molecule has 2 aromatic carbocycles. The van der Waals surface area contributed by atoms with Gasteiger partial charge in [0, 0.05) is 17.6 Å². The molecule has 0 bridgehead atoms. The number of nitrogens with zero attached hydrogens (tertiary/aromatic N) is 1. The average molecular weight is 390 g/mol. The summed E-state index contributed by atoms with van der Waals surface area (Å²) in [6, 6.07) is 15.4. The molecular weight excluding hydrogens is 368 g/mol. The molecule has 1 atom stereocenters. The van der Waals surface area contributed by atoms with E-state index in [2.05, 4.69) is 5.32 Å². The summed E-state index contributed by atoms with van der Waals surface area (Å²) in [6.45, 7) is 2.40. The van der Waals surface area contributed by atoms with Gasteiger partial charge in [-0.15, -0.1) is 0 Å². The van der Waals surface area contributed by atoms with E-state index >= 15 is 0 Å². The zero-order chi connectivity index (χ0) is 19.6. The lowest BCUT2D eigenvalue weighted by atomic mass is 10.0. The van der Waals surface area contributed by atoms with E-state index in [-0.39, 0.29) is 11.9 Å². The third kappa shape index (κ3) is 3.63. The second-order valence-corrected chi connectivity index (χ2v) is 7.32. The fraction of sp³-hybridized carbons (Fsp3) is 0.304. The molecular formula is C23H22N2O4. The second-order valence-electron chi connectivity index (χ2n) is 7.32. The van der Waals surface area contributed by atoms with Crippen LogP contribution in [-0.2, 0) is 4.74 Å². The van der Waals surface area contributed by atoms with E-state index in [1.807, 2.05) is 48.5 Å². The normalized spacial score (nSPS) is 18.4. The molecule has 1 amide bonds. The average Bonchev–Trinajstić information content (AvgIpc) is 2.78. The number of benzene rings is 2. The highest BCUT2D eigenvalue weighted by Crippen LogP contribution is 2.35. The van der Waals surface area contributed by atoms with Crippen LogP contribution >= 0.6 is 0 Å². The van der Waals surface area contributed by atoms with Gasteiger partial charge in [-0.25, -0.2) is 4.98 Å². The van der Waals surface area contributed by atoms with Crippen LogP contribution in [0.1, 0.15) is 23.2 Å². The quantitative estimate of drug-likeness (QED) is 0.740. The Labute approximate surface area is 168 Å². The number of aromatic nitrogens is 1. The van der Waals surface area contributed by atoms with Crippen molar-refractivity contribution in [3.05, 3.63) is 54.1 Å². The molecule has 3 aromatic rings. The molecule has 1 unspecified atom stereocenters. The first-order chi connectivity index (χ1) is 14.3. The molecule has 1 fully saturated rings. The molecule has 0 radical (unpaired) electrons. The van der Waals surface area contributed by atoms with Crippen LogP contribution in [-0.4, -0.2) is 43.4 Å². The Bertz CT molecular complexity index is 1060. The molecule has 0 aliphatic carbocycles. The first-order valence-corrected chi connectivity index (χ1v) is 9.96. The maximum absolute atomic E-state index is 13.1. The van der Waals surface area contributed by atoms with Crippen LogP contribution in [0.25, 0.3) is 22.2 Å². The summed E-state index contributed by atoms with van der Waals surface area (Å²) < 4.78 is 16.8. The Kier molecular flexibility index (Phi) is 4.77. The number of amides is 1. The number of hydrogen-bond acceptors (Lipinski definition) is 5. The molecule has 2 aliphatic heterocycles. The van der Waals surface area contributed by atoms with E-state index in [9.17, 15) is 4.79 Å². The highest BCUT2D eigenvalue weighted by Gasteiger charge is 2.20. The Hall–Kier alpha value is -3.12. The number of pyridine rings is 1. The van der Waals surface area contributed by atoms with Crippen molar-refractivity contribution in [2.24, 2.45) is 0 Å². The van der Waals surface area contributed by atoms with E-state index in [1.54, 1.807) is 0 Å². The van der Waals surface area contributed by atoms with E-state index in [1.165, 1.54) is 0 Å². The Morgan fingerprint density at radius 3 is 2.72 bits per heavy atom. The zero-order valence-electron chi connectivity index (χ0n) is 16.0. The van der Waals surface area contributed by atoms with Crippen LogP contribution in [0, 0.1) is 0 Å². The first kappa shape index (κ1) is 17.9. The second kappa shape index (κ2) is 7.72. The summed E-state index contributed by atoms with van der Waals surface area (Å²) >= 11 is 0. The van der Waals surface area contributed by atoms with Gasteiger partial charge >= 0.3 is 0 Å². The van der Waals surface area contributed by atoms with Crippen LogP contribution < -0.4 is 14.8 Å². The number of carbonyl (C=O) groups excluding carboxylic acids is 1. The number of hydrogen-bond donors (Lipinski definition) is 1. The van der Waals surface area contributed by atoms with Gasteiger partial charge in [-0.1, -0.05) is 18.2 Å². The minimum Gasteiger partial charge on any atom is -0.486 e. The standard InChI is InChI=1S/C23H22N2O4/c26-23(24-16-4-3-9-27-14-16)18-13-20(25-19-6-2-1-5-17(18)19)15-7-8-21-22(12-15)29-11-10-28-21/h1-2,5-8,12-13,16H,3-4,9-11,14H2,(H,24,26). The summed E-state index contributed by atoms with van der Waals surface area (Å²) in [7, 11) is 0. The first-order valence-electron chi connectivity index (χ1n) is 9.96. The molecule has 3 heterocycles. The van der Waals surface area contributed by atoms with Crippen molar-refractivity contribution in [1.29, 1.82) is 0 Å². The van der Waals surface area contributed by atoms with Crippen LogP contribution in [0.3, 0.4) is 0 Å². The molecule has 2 aliphatic rings. The number of carbonyl (C=O) groups is 1. The van der Waals surface area contributed by atoms with Crippen LogP contribution in [0.15, 0.2) is 48.5 Å². The fourth-order valence-electron chi connectivity index (χ4n) is 3.83. The molecule has 6 nitrogen and oxygen atoms in total. The molecule has 5 rings (SSSR count). The largest absolute Gasteiger partial charge is 0.486 e. The number of rotatable bonds is 3. The smallest absolute Gasteiger partial charge is 0.252 e. The fourth-order valence-corrected chi connectivity index (χ4v) is 3.83. The minimum atomic E-state index is -0.0992. The number of nitrogens with one attached hydrogen (secondary N) is 1. The third-order valence-electron chi connectivity index (χ3n) is 5.29. The van der Waals surface area contributed by atoms with E-state index in [0.717, 1.165) is 47.4 Å². The highest BCUT2D eigenvalue weighted by molar-refractivity contribution is 6.07. The maximum atomic E-state index is 13.1. The van der Waals surface area contributed by atoms with Gasteiger partial charge in [-0.3, -0.25) is 4.79 Å². The van der Waals surface area contributed by atoms with Gasteiger partial charge in [-0.2, -0.15) is 0 Å². The third-order valence-corrected chi connectivity index (χ3v) is 5.29. The molecule has 148 valence electrons. The van der Waals surface area contributed by atoms with Gasteiger partial charge in [-0.05, 0) is 43.2 Å². The van der Waals surface area contributed by atoms with E-state index in [4.69, 9.17) is 19.2 Å². The Morgan fingerprint density at radius 2 is 1.86 bits per heavy atom. The summed E-state index contributed by atoms with van der Waals surface area (Å²) in [5, 5.41) is 3.96. The lowest BCUT2D eigenvalue weighted by molar-refractivity contribution is 0.0625. The van der Waals surface area contributed by atoms with Crippen molar-refractivity contribution < 1.29 is 19.0 Å². The van der Waals surface area contributed by atoms with Crippen LogP contribution in [0.4, 0.5) is 0 Å². The van der Waals surface area contributed by atoms with Gasteiger partial charge in [0.2, 0.25) is 0 Å². The lowest BCUT2D eigenvalue weighted by Crippen LogP contribution is -2.40. The lowest BCUT2D eigenvalue weighted by Gasteiger charge is -2.23. The van der Waals surface area contributed by atoms with Crippen LogP contribution in [0.2, 0.25) is 0 Å². The monoisotopic (exact) mass is 390 g/mol. The molecule has 1 saturated heterocycles. The van der Waals surface area contributed by atoms with Crippen molar-refractivity contribution in [2.45, 2.75) is 18.9 Å². The van der Waals surface area contributed by atoms with Crippen molar-refractivity contribution >= 4 is 16.8 Å². The Balaban J connectivity index is 1.54. The molecule has 1 N–H and O–H groups in total. The van der Waals surface area contributed by atoms with Crippen molar-refractivity contribution in [2.75, 3.05) is 26.4 Å². The van der Waals surface area contributed by atoms with Gasteiger partial charge in [0.1, 0.15) is 13.2 Å². The number of para-hydroxylation sites is 1. The molecule has 1 aromatic heterocycles. The summed E-state index contributed by atoms with van der Waals surface area (Å²) in [5.74, 6) is 1.34. The molecule has 0 spiro atoms. The number of fused-ring (bicyclic) bond motifs is 2. The molecule has 0 saturated carbocycles. The zero-order valence-corrected chi connectivity index (χ0v) is 16.0. The van der Waals surface area contributed by atoms with Gasteiger partial charge in [0.05, 0.1) is 29.4 Å². The summed E-state index contributed by atoms with van der Waals surface area (Å²) in [6.07, 6.45) is 1.90. The van der Waals surface area contributed by atoms with Crippen molar-refractivity contribution in [3.8, 4) is 22.8 Å². The predicted octanol–water partition coefficient (Wildman–Crippen LogP) is 3.58. The van der Waals surface area contributed by atoms with Crippen molar-refractivity contribution in [1.82, 2.24) is 10.3 Å². The van der Waals surface area contributed by atoms with Gasteiger partial charge < -0.3 is 19.5 Å². The maximum Gasteiger partial charge on any atom is 0.252 e. The molecule has 29 heavy (non-hydrogen) atoms. The minimum absolute atomic E-state index is 0.0425. The Morgan fingerprint density at radius 1 is 1.00 bits per heavy atom. The summed E-state index contributed by atoms with van der Waals surface area (Å²) in [5.41, 5.74) is 3.01. The topological polar surface area (TPSA) is 69.7 Å². The van der Waals surface area contributed by atoms with E-state index in [0.29, 0.717) is 31.1 Å². The SMILES string of the molecule is O=C(NC1CCCOC1)c1cc(-c2ccc3c(c2)OCCO3)nc2ccccc12. The van der Waals surface area contributed by atoms with Gasteiger partial charge in [0.15, 0.2) is 11.5 Å². The van der Waals surface area contributed by atoms with Crippen molar-refractivity contribution in [3.63, 3.8) is 0 Å². The number of ether oxygens (including phenoxy) is 3. The predicted molar refractivity (Wildman–Crippen MR) is 109 cm³/mol. The molecule has 6 heteroatoms. The van der Waals surface area contributed by atoms with Gasteiger partial charge in [0.25, 0.3) is 5.91 Å².